The highest BCUT2D eigenvalue weighted by atomic mass is 32.1. The van der Waals surface area contributed by atoms with Crippen molar-refractivity contribution in [2.24, 2.45) is 17.6 Å². The molecule has 3 rings (SSSR count). The van der Waals surface area contributed by atoms with Gasteiger partial charge in [-0.1, -0.05) is 6.07 Å². The van der Waals surface area contributed by atoms with Crippen molar-refractivity contribution < 1.29 is 9.59 Å². The van der Waals surface area contributed by atoms with E-state index >= 15 is 0 Å². The van der Waals surface area contributed by atoms with Crippen molar-refractivity contribution in [2.75, 3.05) is 11.9 Å². The summed E-state index contributed by atoms with van der Waals surface area (Å²) in [4.78, 5) is 30.1. The molecule has 1 aliphatic carbocycles. The summed E-state index contributed by atoms with van der Waals surface area (Å²) in [5, 5.41) is 7.98. The van der Waals surface area contributed by atoms with Crippen LogP contribution in [-0.4, -0.2) is 29.4 Å². The maximum absolute atomic E-state index is 12.6. The van der Waals surface area contributed by atoms with E-state index in [4.69, 9.17) is 5.73 Å². The SMILES string of the molecule is CC(C)(C(=O)NC[C@@H](N)C1CCC(C(=O)Nc2ccncc2)CC1)c1cccs1. The molecule has 2 aromatic heterocycles. The van der Waals surface area contributed by atoms with Gasteiger partial charge in [-0.2, -0.15) is 0 Å². The molecule has 0 spiro atoms. The maximum Gasteiger partial charge on any atom is 0.230 e. The van der Waals surface area contributed by atoms with E-state index in [-0.39, 0.29) is 23.8 Å². The zero-order valence-corrected chi connectivity index (χ0v) is 17.9. The van der Waals surface area contributed by atoms with Crippen LogP contribution in [0.1, 0.15) is 44.4 Å². The van der Waals surface area contributed by atoms with E-state index in [0.717, 1.165) is 36.2 Å². The lowest BCUT2D eigenvalue weighted by Crippen LogP contribution is -2.48. The van der Waals surface area contributed by atoms with E-state index in [0.29, 0.717) is 12.5 Å². The summed E-state index contributed by atoms with van der Waals surface area (Å²) in [5.74, 6) is 0.402. The molecule has 0 radical (unpaired) electrons. The Bertz CT molecular complexity index is 799. The Kier molecular flexibility index (Phi) is 7.03. The zero-order valence-electron chi connectivity index (χ0n) is 17.1. The Hall–Kier alpha value is -2.25. The zero-order chi connectivity index (χ0) is 20.9. The largest absolute Gasteiger partial charge is 0.354 e. The molecule has 1 saturated carbocycles. The summed E-state index contributed by atoms with van der Waals surface area (Å²) in [6, 6.07) is 7.44. The Morgan fingerprint density at radius 1 is 1.21 bits per heavy atom. The van der Waals surface area contributed by atoms with Crippen molar-refractivity contribution in [3.05, 3.63) is 46.9 Å². The van der Waals surface area contributed by atoms with Crippen molar-refractivity contribution >= 4 is 28.8 Å². The first-order valence-electron chi connectivity index (χ1n) is 10.2. The van der Waals surface area contributed by atoms with Crippen LogP contribution >= 0.6 is 11.3 Å². The predicted molar refractivity (Wildman–Crippen MR) is 117 cm³/mol. The Morgan fingerprint density at radius 3 is 2.52 bits per heavy atom. The van der Waals surface area contributed by atoms with E-state index in [1.807, 2.05) is 31.4 Å². The molecule has 156 valence electrons. The van der Waals surface area contributed by atoms with Gasteiger partial charge in [-0.25, -0.2) is 0 Å². The minimum atomic E-state index is -0.559. The monoisotopic (exact) mass is 414 g/mol. The number of aromatic nitrogens is 1. The first-order chi connectivity index (χ1) is 13.9. The second-order valence-corrected chi connectivity index (χ2v) is 9.26. The van der Waals surface area contributed by atoms with Crippen LogP contribution in [0, 0.1) is 11.8 Å². The van der Waals surface area contributed by atoms with Crippen LogP contribution < -0.4 is 16.4 Å². The summed E-state index contributed by atoms with van der Waals surface area (Å²) >= 11 is 1.59. The van der Waals surface area contributed by atoms with E-state index in [1.165, 1.54) is 0 Å². The van der Waals surface area contributed by atoms with Crippen LogP contribution in [0.15, 0.2) is 42.0 Å². The fourth-order valence-corrected chi connectivity index (χ4v) is 4.68. The Labute approximate surface area is 176 Å². The topological polar surface area (TPSA) is 97.1 Å². The van der Waals surface area contributed by atoms with Gasteiger partial charge in [0.05, 0.1) is 5.41 Å². The lowest BCUT2D eigenvalue weighted by atomic mass is 9.78. The molecule has 6 nitrogen and oxygen atoms in total. The lowest BCUT2D eigenvalue weighted by molar-refractivity contribution is -0.125. The molecule has 0 aliphatic heterocycles. The van der Waals surface area contributed by atoms with Gasteiger partial charge < -0.3 is 16.4 Å². The number of nitrogens with zero attached hydrogens (tertiary/aromatic N) is 1. The fourth-order valence-electron chi connectivity index (χ4n) is 3.83. The van der Waals surface area contributed by atoms with Gasteiger partial charge in [-0.05, 0) is 69.0 Å². The summed E-state index contributed by atoms with van der Waals surface area (Å²) in [7, 11) is 0. The van der Waals surface area contributed by atoms with Crippen LogP contribution in [0.5, 0.6) is 0 Å². The van der Waals surface area contributed by atoms with Gasteiger partial charge in [0.15, 0.2) is 0 Å². The lowest BCUT2D eigenvalue weighted by Gasteiger charge is -2.32. The van der Waals surface area contributed by atoms with Crippen molar-refractivity contribution in [1.29, 1.82) is 0 Å². The van der Waals surface area contributed by atoms with Gasteiger partial charge in [-0.3, -0.25) is 14.6 Å². The van der Waals surface area contributed by atoms with Gasteiger partial charge in [-0.15, -0.1) is 11.3 Å². The summed E-state index contributed by atoms with van der Waals surface area (Å²) in [6.07, 6.45) is 6.78. The number of nitrogens with one attached hydrogen (secondary N) is 2. The van der Waals surface area contributed by atoms with E-state index in [9.17, 15) is 9.59 Å². The molecule has 2 aromatic rings. The van der Waals surface area contributed by atoms with Gasteiger partial charge in [0.1, 0.15) is 0 Å². The predicted octanol–water partition coefficient (Wildman–Crippen LogP) is 3.31. The highest BCUT2D eigenvalue weighted by Crippen LogP contribution is 2.31. The van der Waals surface area contributed by atoms with Crippen molar-refractivity contribution in [2.45, 2.75) is 51.0 Å². The number of nitrogens with two attached hydrogens (primary N) is 1. The van der Waals surface area contributed by atoms with Crippen LogP contribution in [0.25, 0.3) is 0 Å². The molecule has 0 bridgehead atoms. The highest BCUT2D eigenvalue weighted by Gasteiger charge is 2.33. The van der Waals surface area contributed by atoms with E-state index in [2.05, 4.69) is 15.6 Å². The normalized spacial score (nSPS) is 20.7. The number of pyridine rings is 1. The first-order valence-corrected chi connectivity index (χ1v) is 11.0. The summed E-state index contributed by atoms with van der Waals surface area (Å²) in [6.45, 7) is 4.34. The molecule has 1 fully saturated rings. The summed E-state index contributed by atoms with van der Waals surface area (Å²) in [5.41, 5.74) is 6.60. The average molecular weight is 415 g/mol. The molecule has 29 heavy (non-hydrogen) atoms. The third-order valence-corrected chi connectivity index (χ3v) is 7.09. The fraction of sp³-hybridized carbons (Fsp3) is 0.500. The smallest absolute Gasteiger partial charge is 0.230 e. The van der Waals surface area contributed by atoms with Gasteiger partial charge in [0, 0.05) is 41.5 Å². The number of anilines is 1. The van der Waals surface area contributed by atoms with Gasteiger partial charge in [0.2, 0.25) is 11.8 Å². The minimum Gasteiger partial charge on any atom is -0.354 e. The summed E-state index contributed by atoms with van der Waals surface area (Å²) < 4.78 is 0. The van der Waals surface area contributed by atoms with Crippen LogP contribution in [-0.2, 0) is 15.0 Å². The molecule has 2 amide bonds. The Balaban J connectivity index is 1.43. The number of rotatable bonds is 7. The first kappa shape index (κ1) is 21.5. The minimum absolute atomic E-state index is 0.000754. The molecule has 0 saturated heterocycles. The molecule has 4 N–H and O–H groups in total. The van der Waals surface area contributed by atoms with E-state index in [1.54, 1.807) is 35.9 Å². The standard InChI is InChI=1S/C22H30N4O2S/c1-22(2,19-4-3-13-29-19)21(28)25-14-18(23)15-5-7-16(8-6-15)20(27)26-17-9-11-24-12-10-17/h3-4,9-13,15-16,18H,5-8,14,23H2,1-2H3,(H,25,28)(H,24,26,27)/t15?,16?,18-/m1/s1. The quantitative estimate of drug-likeness (QED) is 0.647. The Morgan fingerprint density at radius 2 is 1.90 bits per heavy atom. The highest BCUT2D eigenvalue weighted by molar-refractivity contribution is 7.10. The van der Waals surface area contributed by atoms with Crippen LogP contribution in [0.4, 0.5) is 5.69 Å². The maximum atomic E-state index is 12.6. The third kappa shape index (κ3) is 5.42. The molecule has 1 aliphatic rings. The third-order valence-electron chi connectivity index (χ3n) is 5.90. The number of carbonyl (C=O) groups excluding carboxylic acids is 2. The van der Waals surface area contributed by atoms with Crippen molar-refractivity contribution in [3.8, 4) is 0 Å². The molecular formula is C22H30N4O2S. The number of carbonyl (C=O) groups is 2. The second-order valence-electron chi connectivity index (χ2n) is 8.31. The second kappa shape index (κ2) is 9.50. The van der Waals surface area contributed by atoms with Crippen LogP contribution in [0.2, 0.25) is 0 Å². The van der Waals surface area contributed by atoms with Gasteiger partial charge >= 0.3 is 0 Å². The number of amides is 2. The molecule has 0 aromatic carbocycles. The number of hydrogen-bond acceptors (Lipinski definition) is 5. The number of hydrogen-bond donors (Lipinski definition) is 3. The van der Waals surface area contributed by atoms with Crippen LogP contribution in [0.3, 0.4) is 0 Å². The average Bonchev–Trinajstić information content (AvgIpc) is 3.28. The van der Waals surface area contributed by atoms with Crippen molar-refractivity contribution in [3.63, 3.8) is 0 Å². The molecule has 2 heterocycles. The molecule has 0 unspecified atom stereocenters. The number of thiophene rings is 1. The molecule has 7 heteroatoms. The van der Waals surface area contributed by atoms with E-state index < -0.39 is 5.41 Å². The molecular weight excluding hydrogens is 384 g/mol. The van der Waals surface area contributed by atoms with Gasteiger partial charge in [0.25, 0.3) is 0 Å². The van der Waals surface area contributed by atoms with Crippen molar-refractivity contribution in [1.82, 2.24) is 10.3 Å². The molecule has 1 atom stereocenters.